The van der Waals surface area contributed by atoms with E-state index >= 15 is 0 Å². The number of rotatable bonds is 3. The summed E-state index contributed by atoms with van der Waals surface area (Å²) in [5.74, 6) is 2.13. The zero-order chi connectivity index (χ0) is 17.5. The Labute approximate surface area is 155 Å². The molecule has 5 heteroatoms. The van der Waals surface area contributed by atoms with Crippen LogP contribution in [0, 0.1) is 0 Å². The van der Waals surface area contributed by atoms with E-state index in [0.29, 0.717) is 11.8 Å². The zero-order valence-electron chi connectivity index (χ0n) is 15.7. The molecule has 1 saturated carbocycles. The first-order valence-corrected chi connectivity index (χ1v) is 10.2. The Morgan fingerprint density at radius 3 is 2.58 bits per heavy atom. The molecule has 2 aromatic heterocycles. The highest BCUT2D eigenvalue weighted by Crippen LogP contribution is 2.40. The number of pyridine rings is 1. The van der Waals surface area contributed by atoms with Gasteiger partial charge in [-0.05, 0) is 74.7 Å². The fourth-order valence-corrected chi connectivity index (χ4v) is 5.24. The Bertz CT molecular complexity index is 768. The van der Waals surface area contributed by atoms with Gasteiger partial charge in [-0.1, -0.05) is 0 Å². The molecule has 5 nitrogen and oxygen atoms in total. The van der Waals surface area contributed by atoms with E-state index < -0.39 is 0 Å². The normalized spacial score (nSPS) is 28.9. The average Bonchev–Trinajstić information content (AvgIpc) is 3.42. The lowest BCUT2D eigenvalue weighted by Crippen LogP contribution is -2.35. The maximum absolute atomic E-state index is 4.76. The Kier molecular flexibility index (Phi) is 4.20. The third-order valence-corrected chi connectivity index (χ3v) is 6.74. The van der Waals surface area contributed by atoms with Gasteiger partial charge in [-0.3, -0.25) is 4.68 Å². The molecule has 1 saturated heterocycles. The second-order valence-corrected chi connectivity index (χ2v) is 8.34. The molecule has 2 fully saturated rings. The van der Waals surface area contributed by atoms with Gasteiger partial charge in [0.25, 0.3) is 0 Å². The average molecular weight is 351 g/mol. The summed E-state index contributed by atoms with van der Waals surface area (Å²) in [4.78, 5) is 7.50. The molecule has 1 N–H and O–H groups in total. The molecule has 1 aliphatic carbocycles. The maximum Gasteiger partial charge on any atom is 0.129 e. The number of nitrogens with zero attached hydrogens (tertiary/aromatic N) is 4. The summed E-state index contributed by atoms with van der Waals surface area (Å²) in [6, 6.07) is 3.27. The first kappa shape index (κ1) is 16.3. The molecule has 1 unspecified atom stereocenters. The first-order valence-electron chi connectivity index (χ1n) is 10.2. The quantitative estimate of drug-likeness (QED) is 0.919. The van der Waals surface area contributed by atoms with Gasteiger partial charge in [-0.25, -0.2) is 4.98 Å². The van der Waals surface area contributed by atoms with E-state index in [2.05, 4.69) is 33.8 Å². The smallest absolute Gasteiger partial charge is 0.129 e. The second-order valence-electron chi connectivity index (χ2n) is 8.34. The summed E-state index contributed by atoms with van der Waals surface area (Å²) in [7, 11) is 1.99. The van der Waals surface area contributed by atoms with Crippen molar-refractivity contribution < 1.29 is 0 Å². The SMILES string of the molecule is Cn1cc(C2CNc3ncc([C@H]4CC[C@H](N5CCCC5)CC4)cc32)cn1. The lowest BCUT2D eigenvalue weighted by atomic mass is 9.81. The van der Waals surface area contributed by atoms with Gasteiger partial charge < -0.3 is 10.2 Å². The molecule has 0 amide bonds. The first-order chi connectivity index (χ1) is 12.8. The van der Waals surface area contributed by atoms with Gasteiger partial charge in [0.15, 0.2) is 0 Å². The van der Waals surface area contributed by atoms with Crippen LogP contribution < -0.4 is 5.32 Å². The van der Waals surface area contributed by atoms with E-state index in [9.17, 15) is 0 Å². The van der Waals surface area contributed by atoms with Gasteiger partial charge in [0.2, 0.25) is 0 Å². The Morgan fingerprint density at radius 1 is 1.04 bits per heavy atom. The van der Waals surface area contributed by atoms with Gasteiger partial charge in [0, 0.05) is 43.5 Å². The lowest BCUT2D eigenvalue weighted by Gasteiger charge is -2.34. The van der Waals surface area contributed by atoms with Crippen LogP contribution in [0.2, 0.25) is 0 Å². The van der Waals surface area contributed by atoms with E-state index in [-0.39, 0.29) is 0 Å². The maximum atomic E-state index is 4.76. The molecule has 0 aromatic carbocycles. The van der Waals surface area contributed by atoms with E-state index in [4.69, 9.17) is 4.98 Å². The highest BCUT2D eigenvalue weighted by atomic mass is 15.2. The topological polar surface area (TPSA) is 46.0 Å². The van der Waals surface area contributed by atoms with E-state index in [1.807, 2.05) is 17.9 Å². The van der Waals surface area contributed by atoms with Crippen LogP contribution in [0.15, 0.2) is 24.7 Å². The number of likely N-dealkylation sites (tertiary alicyclic amines) is 1. The van der Waals surface area contributed by atoms with Crippen LogP contribution in [-0.4, -0.2) is 45.3 Å². The molecule has 138 valence electrons. The van der Waals surface area contributed by atoms with Crippen molar-refractivity contribution in [2.24, 2.45) is 7.05 Å². The van der Waals surface area contributed by atoms with Crippen molar-refractivity contribution in [3.63, 3.8) is 0 Å². The summed E-state index contributed by atoms with van der Waals surface area (Å²) in [6.45, 7) is 3.58. The highest BCUT2D eigenvalue weighted by molar-refractivity contribution is 5.56. The largest absolute Gasteiger partial charge is 0.369 e. The molecule has 3 aliphatic rings. The minimum Gasteiger partial charge on any atom is -0.369 e. The Hall–Kier alpha value is -1.88. The number of aryl methyl sites for hydroxylation is 1. The van der Waals surface area contributed by atoms with Crippen molar-refractivity contribution in [1.29, 1.82) is 0 Å². The third kappa shape index (κ3) is 2.92. The van der Waals surface area contributed by atoms with Crippen molar-refractivity contribution in [3.8, 4) is 0 Å². The zero-order valence-corrected chi connectivity index (χ0v) is 15.7. The minimum atomic E-state index is 0.382. The molecule has 2 aliphatic heterocycles. The van der Waals surface area contributed by atoms with Crippen LogP contribution in [0.4, 0.5) is 5.82 Å². The second kappa shape index (κ2) is 6.69. The number of anilines is 1. The molecular weight excluding hydrogens is 322 g/mol. The summed E-state index contributed by atoms with van der Waals surface area (Å²) >= 11 is 0. The molecule has 0 bridgehead atoms. The number of fused-ring (bicyclic) bond motifs is 1. The molecule has 1 atom stereocenters. The van der Waals surface area contributed by atoms with Crippen molar-refractivity contribution in [1.82, 2.24) is 19.7 Å². The summed E-state index contributed by atoms with van der Waals surface area (Å²) in [5, 5.41) is 7.83. The van der Waals surface area contributed by atoms with Crippen molar-refractivity contribution in [3.05, 3.63) is 41.3 Å². The molecule has 4 heterocycles. The van der Waals surface area contributed by atoms with Crippen molar-refractivity contribution in [2.75, 3.05) is 25.0 Å². The predicted molar refractivity (Wildman–Crippen MR) is 104 cm³/mol. The fourth-order valence-electron chi connectivity index (χ4n) is 5.24. The standard InChI is InChI=1S/C21H29N5/c1-25-14-17(12-24-25)20-13-23-21-19(20)10-16(11-22-21)15-4-6-18(7-5-15)26-8-2-3-9-26/h10-12,14-15,18,20H,2-9,13H2,1H3,(H,22,23)/t15-,18-,20?. The minimum absolute atomic E-state index is 0.382. The van der Waals surface area contributed by atoms with Gasteiger partial charge >= 0.3 is 0 Å². The summed E-state index contributed by atoms with van der Waals surface area (Å²) < 4.78 is 1.89. The van der Waals surface area contributed by atoms with Gasteiger partial charge in [0.05, 0.1) is 6.20 Å². The van der Waals surface area contributed by atoms with E-state index in [0.717, 1.165) is 18.4 Å². The Balaban J connectivity index is 1.32. The van der Waals surface area contributed by atoms with Crippen LogP contribution in [0.1, 0.15) is 67.1 Å². The van der Waals surface area contributed by atoms with Crippen molar-refractivity contribution >= 4 is 5.82 Å². The highest BCUT2D eigenvalue weighted by Gasteiger charge is 2.30. The van der Waals surface area contributed by atoms with Crippen LogP contribution in [0.25, 0.3) is 0 Å². The fraction of sp³-hybridized carbons (Fsp3) is 0.619. The molecule has 0 radical (unpaired) electrons. The predicted octanol–water partition coefficient (Wildman–Crippen LogP) is 3.49. The van der Waals surface area contributed by atoms with Crippen molar-refractivity contribution in [2.45, 2.75) is 56.4 Å². The number of nitrogens with one attached hydrogen (secondary N) is 1. The van der Waals surface area contributed by atoms with Crippen LogP contribution in [0.5, 0.6) is 0 Å². The van der Waals surface area contributed by atoms with Gasteiger partial charge in [-0.2, -0.15) is 5.10 Å². The monoisotopic (exact) mass is 351 g/mol. The van der Waals surface area contributed by atoms with E-state index in [1.165, 1.54) is 68.3 Å². The summed E-state index contributed by atoms with van der Waals surface area (Å²) in [5.41, 5.74) is 4.09. The lowest BCUT2D eigenvalue weighted by molar-refractivity contribution is 0.182. The summed E-state index contributed by atoms with van der Waals surface area (Å²) in [6.07, 6.45) is 14.4. The van der Waals surface area contributed by atoms with Gasteiger partial charge in [-0.15, -0.1) is 0 Å². The molecule has 2 aromatic rings. The molecule has 5 rings (SSSR count). The number of aromatic nitrogens is 3. The number of hydrogen-bond donors (Lipinski definition) is 1. The van der Waals surface area contributed by atoms with Gasteiger partial charge in [0.1, 0.15) is 5.82 Å². The van der Waals surface area contributed by atoms with E-state index in [1.54, 1.807) is 0 Å². The number of hydrogen-bond acceptors (Lipinski definition) is 4. The Morgan fingerprint density at radius 2 is 1.85 bits per heavy atom. The molecular formula is C21H29N5. The van der Waals surface area contributed by atoms with Crippen LogP contribution in [0.3, 0.4) is 0 Å². The van der Waals surface area contributed by atoms with Crippen LogP contribution in [-0.2, 0) is 7.05 Å². The third-order valence-electron chi connectivity index (χ3n) is 6.74. The molecule has 0 spiro atoms. The molecule has 26 heavy (non-hydrogen) atoms. The van der Waals surface area contributed by atoms with Crippen LogP contribution >= 0.6 is 0 Å².